The van der Waals surface area contributed by atoms with Gasteiger partial charge in [-0.05, 0) is 31.9 Å². The Morgan fingerprint density at radius 1 is 1.23 bits per heavy atom. The molecule has 114 valence electrons. The van der Waals surface area contributed by atoms with Crippen molar-refractivity contribution in [2.75, 3.05) is 13.1 Å². The molecule has 0 aromatic carbocycles. The summed E-state index contributed by atoms with van der Waals surface area (Å²) in [5, 5.41) is 8.55. The molecule has 3 rings (SSSR count). The van der Waals surface area contributed by atoms with Crippen molar-refractivity contribution in [2.45, 2.75) is 25.7 Å². The SMILES string of the molecule is C/C=C/C=C/C(=O)N1CCC(c2nnc3ccccn23)CC1. The van der Waals surface area contributed by atoms with Crippen molar-refractivity contribution in [3.8, 4) is 0 Å². The zero-order valence-electron chi connectivity index (χ0n) is 12.7. The van der Waals surface area contributed by atoms with E-state index in [-0.39, 0.29) is 5.91 Å². The summed E-state index contributed by atoms with van der Waals surface area (Å²) in [5.41, 5.74) is 0.880. The number of piperidine rings is 1. The quantitative estimate of drug-likeness (QED) is 0.646. The summed E-state index contributed by atoms with van der Waals surface area (Å²) in [5.74, 6) is 1.45. The molecule has 0 aliphatic carbocycles. The molecule has 0 radical (unpaired) electrons. The number of pyridine rings is 1. The molecular weight excluding hydrogens is 276 g/mol. The van der Waals surface area contributed by atoms with Gasteiger partial charge >= 0.3 is 0 Å². The van der Waals surface area contributed by atoms with E-state index in [0.29, 0.717) is 5.92 Å². The molecule has 5 nitrogen and oxygen atoms in total. The fourth-order valence-electron chi connectivity index (χ4n) is 2.85. The molecule has 1 fully saturated rings. The molecule has 0 atom stereocenters. The largest absolute Gasteiger partial charge is 0.339 e. The maximum absolute atomic E-state index is 12.1. The van der Waals surface area contributed by atoms with Gasteiger partial charge in [0.25, 0.3) is 0 Å². The van der Waals surface area contributed by atoms with Crippen LogP contribution in [0.1, 0.15) is 31.5 Å². The molecule has 0 N–H and O–H groups in total. The fourth-order valence-corrected chi connectivity index (χ4v) is 2.85. The summed E-state index contributed by atoms with van der Waals surface area (Å²) in [7, 11) is 0. The highest BCUT2D eigenvalue weighted by Crippen LogP contribution is 2.27. The number of aromatic nitrogens is 3. The zero-order chi connectivity index (χ0) is 15.4. The summed E-state index contributed by atoms with van der Waals surface area (Å²) in [6.07, 6.45) is 11.1. The number of likely N-dealkylation sites (tertiary alicyclic amines) is 1. The highest BCUT2D eigenvalue weighted by molar-refractivity contribution is 5.87. The number of nitrogens with zero attached hydrogens (tertiary/aromatic N) is 4. The predicted octanol–water partition coefficient (Wildman–Crippen LogP) is 2.57. The van der Waals surface area contributed by atoms with Crippen LogP contribution in [-0.4, -0.2) is 38.5 Å². The monoisotopic (exact) mass is 296 g/mol. The molecule has 1 amide bonds. The van der Waals surface area contributed by atoms with E-state index in [0.717, 1.165) is 37.4 Å². The minimum Gasteiger partial charge on any atom is -0.339 e. The lowest BCUT2D eigenvalue weighted by atomic mass is 9.96. The molecule has 3 heterocycles. The summed E-state index contributed by atoms with van der Waals surface area (Å²) < 4.78 is 2.05. The van der Waals surface area contributed by atoms with Gasteiger partial charge in [0.2, 0.25) is 5.91 Å². The van der Waals surface area contributed by atoms with Crippen molar-refractivity contribution < 1.29 is 4.79 Å². The van der Waals surface area contributed by atoms with Gasteiger partial charge in [-0.3, -0.25) is 9.20 Å². The number of carbonyl (C=O) groups is 1. The van der Waals surface area contributed by atoms with Crippen LogP contribution < -0.4 is 0 Å². The van der Waals surface area contributed by atoms with Crippen molar-refractivity contribution in [3.05, 3.63) is 54.5 Å². The van der Waals surface area contributed by atoms with Gasteiger partial charge in [0.05, 0.1) is 0 Å². The normalized spacial score (nSPS) is 17.0. The van der Waals surface area contributed by atoms with Gasteiger partial charge in [-0.15, -0.1) is 10.2 Å². The standard InChI is InChI=1S/C17H20N4O/c1-2-3-4-8-16(22)20-12-9-14(10-13-20)17-19-18-15-7-5-6-11-21(15)17/h2-8,11,14H,9-10,12-13H2,1H3/b3-2+,8-4+. The first kappa shape index (κ1) is 14.5. The van der Waals surface area contributed by atoms with Crippen LogP contribution in [-0.2, 0) is 4.79 Å². The summed E-state index contributed by atoms with van der Waals surface area (Å²) in [6, 6.07) is 5.91. The van der Waals surface area contributed by atoms with E-state index >= 15 is 0 Å². The molecule has 0 bridgehead atoms. The van der Waals surface area contributed by atoms with Gasteiger partial charge < -0.3 is 4.90 Å². The zero-order valence-corrected chi connectivity index (χ0v) is 12.7. The first-order chi connectivity index (χ1) is 10.8. The van der Waals surface area contributed by atoms with Gasteiger partial charge in [0, 0.05) is 31.3 Å². The van der Waals surface area contributed by atoms with E-state index in [2.05, 4.69) is 10.2 Å². The Labute approximate surface area is 130 Å². The second kappa shape index (κ2) is 6.56. The van der Waals surface area contributed by atoms with E-state index in [4.69, 9.17) is 0 Å². The van der Waals surface area contributed by atoms with Crippen LogP contribution in [0.2, 0.25) is 0 Å². The summed E-state index contributed by atoms with van der Waals surface area (Å²) in [6.45, 7) is 3.47. The Bertz CT molecular complexity index is 708. The number of allylic oxidation sites excluding steroid dienone is 3. The molecule has 22 heavy (non-hydrogen) atoms. The molecule has 0 spiro atoms. The number of fused-ring (bicyclic) bond motifs is 1. The van der Waals surface area contributed by atoms with Crippen LogP contribution in [0.5, 0.6) is 0 Å². The second-order valence-electron chi connectivity index (χ2n) is 5.47. The number of carbonyl (C=O) groups excluding carboxylic acids is 1. The summed E-state index contributed by atoms with van der Waals surface area (Å²) in [4.78, 5) is 14.0. The van der Waals surface area contributed by atoms with Gasteiger partial charge in [0.15, 0.2) is 5.65 Å². The van der Waals surface area contributed by atoms with Gasteiger partial charge in [-0.25, -0.2) is 0 Å². The van der Waals surface area contributed by atoms with Crippen molar-refractivity contribution in [1.29, 1.82) is 0 Å². The molecule has 1 aliphatic rings. The van der Waals surface area contributed by atoms with Crippen molar-refractivity contribution in [1.82, 2.24) is 19.5 Å². The Morgan fingerprint density at radius 2 is 2.05 bits per heavy atom. The van der Waals surface area contributed by atoms with Gasteiger partial charge in [-0.1, -0.05) is 24.3 Å². The average Bonchev–Trinajstić information content (AvgIpc) is 2.99. The lowest BCUT2D eigenvalue weighted by Crippen LogP contribution is -2.37. The number of hydrogen-bond acceptors (Lipinski definition) is 3. The third kappa shape index (κ3) is 2.93. The molecule has 5 heteroatoms. The van der Waals surface area contributed by atoms with Crippen molar-refractivity contribution >= 4 is 11.6 Å². The van der Waals surface area contributed by atoms with E-state index in [1.807, 2.05) is 52.8 Å². The van der Waals surface area contributed by atoms with Crippen LogP contribution in [0.25, 0.3) is 5.65 Å². The minimum absolute atomic E-state index is 0.0858. The number of rotatable bonds is 3. The minimum atomic E-state index is 0.0858. The first-order valence-corrected chi connectivity index (χ1v) is 7.67. The average molecular weight is 296 g/mol. The first-order valence-electron chi connectivity index (χ1n) is 7.67. The fraction of sp³-hybridized carbons (Fsp3) is 0.353. The van der Waals surface area contributed by atoms with E-state index in [1.54, 1.807) is 12.2 Å². The van der Waals surface area contributed by atoms with Crippen LogP contribution in [0.4, 0.5) is 0 Å². The van der Waals surface area contributed by atoms with Crippen LogP contribution >= 0.6 is 0 Å². The lowest BCUT2D eigenvalue weighted by molar-refractivity contribution is -0.127. The van der Waals surface area contributed by atoms with Crippen molar-refractivity contribution in [3.63, 3.8) is 0 Å². The van der Waals surface area contributed by atoms with Crippen LogP contribution in [0.15, 0.2) is 48.7 Å². The topological polar surface area (TPSA) is 50.5 Å². The summed E-state index contributed by atoms with van der Waals surface area (Å²) >= 11 is 0. The Hall–Kier alpha value is -2.43. The Balaban J connectivity index is 1.65. The van der Waals surface area contributed by atoms with E-state index < -0.39 is 0 Å². The molecule has 0 unspecified atom stereocenters. The molecule has 1 saturated heterocycles. The third-order valence-corrected chi connectivity index (χ3v) is 4.05. The van der Waals surface area contributed by atoms with Crippen molar-refractivity contribution in [2.24, 2.45) is 0 Å². The molecule has 0 saturated carbocycles. The van der Waals surface area contributed by atoms with E-state index in [9.17, 15) is 4.79 Å². The number of amides is 1. The maximum Gasteiger partial charge on any atom is 0.246 e. The maximum atomic E-state index is 12.1. The molecule has 2 aromatic rings. The van der Waals surface area contributed by atoms with E-state index in [1.165, 1.54) is 0 Å². The van der Waals surface area contributed by atoms with Crippen LogP contribution in [0, 0.1) is 0 Å². The highest BCUT2D eigenvalue weighted by atomic mass is 16.2. The highest BCUT2D eigenvalue weighted by Gasteiger charge is 2.25. The van der Waals surface area contributed by atoms with Crippen LogP contribution in [0.3, 0.4) is 0 Å². The lowest BCUT2D eigenvalue weighted by Gasteiger charge is -2.30. The molecule has 2 aromatic heterocycles. The number of hydrogen-bond donors (Lipinski definition) is 0. The second-order valence-corrected chi connectivity index (χ2v) is 5.47. The van der Waals surface area contributed by atoms with Gasteiger partial charge in [-0.2, -0.15) is 0 Å². The Kier molecular flexibility index (Phi) is 4.32. The third-order valence-electron chi connectivity index (χ3n) is 4.05. The Morgan fingerprint density at radius 3 is 2.82 bits per heavy atom. The van der Waals surface area contributed by atoms with Gasteiger partial charge in [0.1, 0.15) is 5.82 Å². The molecular formula is C17H20N4O. The smallest absolute Gasteiger partial charge is 0.246 e. The molecule has 1 aliphatic heterocycles. The predicted molar refractivity (Wildman–Crippen MR) is 85.5 cm³/mol.